The molecule has 8 nitrogen and oxygen atoms in total. The number of nitrogens with zero attached hydrogens (tertiary/aromatic N) is 1. The number of hydrogen-bond acceptors (Lipinski definition) is 6. The maximum Gasteiger partial charge on any atom is 0.232 e. The van der Waals surface area contributed by atoms with E-state index < -0.39 is 10.0 Å². The minimum atomic E-state index is -3.46. The zero-order valence-corrected chi connectivity index (χ0v) is 18.3. The normalized spacial score (nSPS) is 10.9. The van der Waals surface area contributed by atoms with Crippen molar-refractivity contribution in [2.75, 3.05) is 44.5 Å². The van der Waals surface area contributed by atoms with Crippen LogP contribution < -0.4 is 23.8 Å². The number of ether oxygens (including phenoxy) is 3. The highest BCUT2D eigenvalue weighted by atomic mass is 32.2. The van der Waals surface area contributed by atoms with Crippen LogP contribution in [-0.2, 0) is 14.8 Å². The summed E-state index contributed by atoms with van der Waals surface area (Å²) in [6.07, 6.45) is 1.74. The molecular formula is C21H28N2O6S. The predicted octanol–water partition coefficient (Wildman–Crippen LogP) is 2.45. The monoisotopic (exact) mass is 436 g/mol. The molecule has 0 bridgehead atoms. The van der Waals surface area contributed by atoms with Crippen molar-refractivity contribution in [3.8, 4) is 17.2 Å². The topological polar surface area (TPSA) is 94.2 Å². The van der Waals surface area contributed by atoms with Crippen LogP contribution in [0.4, 0.5) is 5.69 Å². The summed E-state index contributed by atoms with van der Waals surface area (Å²) in [5.74, 6) is 1.71. The van der Waals surface area contributed by atoms with Crippen LogP contribution in [-0.4, -0.2) is 54.5 Å². The Morgan fingerprint density at radius 1 is 1.00 bits per heavy atom. The number of amides is 1. The standard InChI is InChI=1S/C21H28N2O6S/c1-27-18-12-10-17(11-13-18)23(30(3,25)26)15-6-9-21(24)22-14-16-29-20-8-5-4-7-19(20)28-2/h4-5,7-8,10-13H,6,9,14-16H2,1-3H3,(H,22,24). The summed E-state index contributed by atoms with van der Waals surface area (Å²) >= 11 is 0. The number of carbonyl (C=O) groups is 1. The van der Waals surface area contributed by atoms with Gasteiger partial charge in [-0.15, -0.1) is 0 Å². The first-order valence-electron chi connectivity index (χ1n) is 9.49. The van der Waals surface area contributed by atoms with E-state index in [0.29, 0.717) is 42.5 Å². The molecule has 0 saturated heterocycles. The van der Waals surface area contributed by atoms with E-state index in [9.17, 15) is 13.2 Å². The second-order valence-electron chi connectivity index (χ2n) is 6.49. The van der Waals surface area contributed by atoms with E-state index >= 15 is 0 Å². The van der Waals surface area contributed by atoms with E-state index in [1.54, 1.807) is 50.6 Å². The lowest BCUT2D eigenvalue weighted by Crippen LogP contribution is -2.32. The summed E-state index contributed by atoms with van der Waals surface area (Å²) in [7, 11) is -0.355. The van der Waals surface area contributed by atoms with Gasteiger partial charge in [-0.05, 0) is 42.8 Å². The largest absolute Gasteiger partial charge is 0.497 e. The molecule has 0 aliphatic heterocycles. The molecular weight excluding hydrogens is 408 g/mol. The van der Waals surface area contributed by atoms with Crippen molar-refractivity contribution < 1.29 is 27.4 Å². The quantitative estimate of drug-likeness (QED) is 0.514. The van der Waals surface area contributed by atoms with Gasteiger partial charge in [0.2, 0.25) is 15.9 Å². The fraction of sp³-hybridized carbons (Fsp3) is 0.381. The van der Waals surface area contributed by atoms with Crippen molar-refractivity contribution in [2.45, 2.75) is 12.8 Å². The number of carbonyl (C=O) groups excluding carboxylic acids is 1. The Morgan fingerprint density at radius 2 is 1.67 bits per heavy atom. The molecule has 0 aliphatic rings. The zero-order chi connectivity index (χ0) is 22.0. The van der Waals surface area contributed by atoms with Gasteiger partial charge in [0.25, 0.3) is 0 Å². The van der Waals surface area contributed by atoms with Crippen LogP contribution in [0.15, 0.2) is 48.5 Å². The van der Waals surface area contributed by atoms with Crippen LogP contribution >= 0.6 is 0 Å². The summed E-state index contributed by atoms with van der Waals surface area (Å²) in [4.78, 5) is 12.1. The van der Waals surface area contributed by atoms with Crippen LogP contribution in [0.2, 0.25) is 0 Å². The number of sulfonamides is 1. The van der Waals surface area contributed by atoms with Crippen LogP contribution in [0.25, 0.3) is 0 Å². The van der Waals surface area contributed by atoms with E-state index in [-0.39, 0.29) is 18.9 Å². The highest BCUT2D eigenvalue weighted by molar-refractivity contribution is 7.92. The number of anilines is 1. The minimum Gasteiger partial charge on any atom is -0.497 e. The maximum atomic E-state index is 12.1. The Hall–Kier alpha value is -2.94. The Bertz CT molecular complexity index is 915. The first kappa shape index (κ1) is 23.3. The molecule has 0 fully saturated rings. The van der Waals surface area contributed by atoms with E-state index in [0.717, 1.165) is 6.26 Å². The SMILES string of the molecule is COc1ccc(N(CCCC(=O)NCCOc2ccccc2OC)S(C)(=O)=O)cc1. The minimum absolute atomic E-state index is 0.165. The highest BCUT2D eigenvalue weighted by Gasteiger charge is 2.17. The summed E-state index contributed by atoms with van der Waals surface area (Å²) in [6.45, 7) is 0.842. The van der Waals surface area contributed by atoms with Crippen molar-refractivity contribution in [1.29, 1.82) is 0 Å². The lowest BCUT2D eigenvalue weighted by atomic mass is 10.2. The molecule has 1 N–H and O–H groups in total. The van der Waals surface area contributed by atoms with Crippen molar-refractivity contribution in [3.63, 3.8) is 0 Å². The molecule has 0 radical (unpaired) electrons. The molecule has 2 aromatic rings. The number of benzene rings is 2. The van der Waals surface area contributed by atoms with Crippen molar-refractivity contribution >= 4 is 21.6 Å². The van der Waals surface area contributed by atoms with Gasteiger partial charge >= 0.3 is 0 Å². The molecule has 0 saturated carbocycles. The van der Waals surface area contributed by atoms with Crippen LogP contribution in [0, 0.1) is 0 Å². The van der Waals surface area contributed by atoms with Crippen LogP contribution in [0.5, 0.6) is 17.2 Å². The van der Waals surface area contributed by atoms with E-state index in [2.05, 4.69) is 5.32 Å². The first-order chi connectivity index (χ1) is 14.3. The molecule has 164 valence electrons. The van der Waals surface area contributed by atoms with Gasteiger partial charge in [0.05, 0.1) is 32.7 Å². The number of para-hydroxylation sites is 2. The average Bonchev–Trinajstić information content (AvgIpc) is 2.74. The molecule has 30 heavy (non-hydrogen) atoms. The van der Waals surface area contributed by atoms with Gasteiger partial charge < -0.3 is 19.5 Å². The number of nitrogens with one attached hydrogen (secondary N) is 1. The Labute approximate surface area is 177 Å². The first-order valence-corrected chi connectivity index (χ1v) is 11.3. The van der Waals surface area contributed by atoms with Gasteiger partial charge in [0.1, 0.15) is 12.4 Å². The summed E-state index contributed by atoms with van der Waals surface area (Å²) in [6, 6.07) is 14.0. The third-order valence-electron chi connectivity index (χ3n) is 4.28. The smallest absolute Gasteiger partial charge is 0.232 e. The van der Waals surface area contributed by atoms with Gasteiger partial charge in [0, 0.05) is 13.0 Å². The van der Waals surface area contributed by atoms with Gasteiger partial charge in [-0.1, -0.05) is 12.1 Å². The predicted molar refractivity (Wildman–Crippen MR) is 116 cm³/mol. The lowest BCUT2D eigenvalue weighted by molar-refractivity contribution is -0.121. The second-order valence-corrected chi connectivity index (χ2v) is 8.39. The van der Waals surface area contributed by atoms with Gasteiger partial charge in [-0.3, -0.25) is 9.10 Å². The fourth-order valence-electron chi connectivity index (χ4n) is 2.80. The van der Waals surface area contributed by atoms with Crippen molar-refractivity contribution in [1.82, 2.24) is 5.32 Å². The Kier molecular flexibility index (Phi) is 8.79. The van der Waals surface area contributed by atoms with Crippen molar-refractivity contribution in [3.05, 3.63) is 48.5 Å². The molecule has 0 heterocycles. The molecule has 2 rings (SSSR count). The van der Waals surface area contributed by atoms with Crippen LogP contribution in [0.1, 0.15) is 12.8 Å². The van der Waals surface area contributed by atoms with Gasteiger partial charge in [0.15, 0.2) is 11.5 Å². The fourth-order valence-corrected chi connectivity index (χ4v) is 3.76. The molecule has 0 spiro atoms. The molecule has 1 amide bonds. The van der Waals surface area contributed by atoms with E-state index in [1.807, 2.05) is 12.1 Å². The van der Waals surface area contributed by atoms with Crippen molar-refractivity contribution in [2.24, 2.45) is 0 Å². The molecule has 0 atom stereocenters. The Balaban J connectivity index is 1.77. The second kappa shape index (κ2) is 11.3. The van der Waals surface area contributed by atoms with E-state index in [4.69, 9.17) is 14.2 Å². The molecule has 2 aromatic carbocycles. The van der Waals surface area contributed by atoms with Gasteiger partial charge in [-0.2, -0.15) is 0 Å². The summed E-state index contributed by atoms with van der Waals surface area (Å²) in [5, 5.41) is 2.77. The third-order valence-corrected chi connectivity index (χ3v) is 5.47. The maximum absolute atomic E-state index is 12.1. The Morgan fingerprint density at radius 3 is 2.27 bits per heavy atom. The molecule has 9 heteroatoms. The molecule has 0 unspecified atom stereocenters. The number of hydrogen-bond donors (Lipinski definition) is 1. The number of rotatable bonds is 12. The number of methoxy groups -OCH3 is 2. The van der Waals surface area contributed by atoms with Gasteiger partial charge in [-0.25, -0.2) is 8.42 Å². The van der Waals surface area contributed by atoms with Crippen LogP contribution in [0.3, 0.4) is 0 Å². The zero-order valence-electron chi connectivity index (χ0n) is 17.5. The average molecular weight is 437 g/mol. The van der Waals surface area contributed by atoms with E-state index in [1.165, 1.54) is 4.31 Å². The molecule has 0 aromatic heterocycles. The highest BCUT2D eigenvalue weighted by Crippen LogP contribution is 2.25. The molecule has 0 aliphatic carbocycles. The summed E-state index contributed by atoms with van der Waals surface area (Å²) in [5.41, 5.74) is 0.531. The third kappa shape index (κ3) is 7.14. The summed E-state index contributed by atoms with van der Waals surface area (Å²) < 4.78 is 41.4. The lowest BCUT2D eigenvalue weighted by Gasteiger charge is -2.22.